The second-order valence-electron chi connectivity index (χ2n) is 7.19. The van der Waals surface area contributed by atoms with Crippen molar-refractivity contribution >= 4 is 21.7 Å². The van der Waals surface area contributed by atoms with Crippen molar-refractivity contribution in [1.29, 1.82) is 0 Å². The molecule has 1 aromatic rings. The van der Waals surface area contributed by atoms with Crippen LogP contribution in [0.4, 0.5) is 0 Å². The molecule has 0 saturated carbocycles. The number of furan rings is 1. The molecule has 1 aromatic heterocycles. The number of sulfone groups is 1. The highest BCUT2D eigenvalue weighted by molar-refractivity contribution is 7.91. The van der Waals surface area contributed by atoms with Gasteiger partial charge >= 0.3 is 0 Å². The van der Waals surface area contributed by atoms with Gasteiger partial charge < -0.3 is 14.2 Å². The molecule has 3 rings (SSSR count). The summed E-state index contributed by atoms with van der Waals surface area (Å²) in [5.41, 5.74) is 0. The van der Waals surface area contributed by atoms with E-state index in [2.05, 4.69) is 0 Å². The third kappa shape index (κ3) is 4.28. The zero-order valence-corrected chi connectivity index (χ0v) is 15.9. The van der Waals surface area contributed by atoms with Crippen LogP contribution in [-0.2, 0) is 25.2 Å². The second-order valence-corrected chi connectivity index (χ2v) is 9.47. The molecule has 0 aromatic carbocycles. The predicted octanol–water partition coefficient (Wildman–Crippen LogP) is 1.44. The molecule has 144 valence electrons. The van der Waals surface area contributed by atoms with Crippen molar-refractivity contribution in [3.05, 3.63) is 24.2 Å². The molecule has 0 aliphatic carbocycles. The summed E-state index contributed by atoms with van der Waals surface area (Å²) in [4.78, 5) is 27.7. The van der Waals surface area contributed by atoms with Crippen LogP contribution < -0.4 is 0 Å². The Bertz CT molecular complexity index is 728. The van der Waals surface area contributed by atoms with Crippen molar-refractivity contribution in [2.24, 2.45) is 5.92 Å². The van der Waals surface area contributed by atoms with Gasteiger partial charge in [0.15, 0.2) is 9.84 Å². The van der Waals surface area contributed by atoms with Crippen molar-refractivity contribution < 1.29 is 22.4 Å². The summed E-state index contributed by atoms with van der Waals surface area (Å²) in [6.45, 7) is 3.76. The number of hydrogen-bond donors (Lipinski definition) is 0. The predicted molar refractivity (Wildman–Crippen MR) is 95.9 cm³/mol. The van der Waals surface area contributed by atoms with E-state index in [9.17, 15) is 18.0 Å². The van der Waals surface area contributed by atoms with Crippen LogP contribution in [0.2, 0.25) is 0 Å². The molecule has 0 atom stereocenters. The number of hydrogen-bond acceptors (Lipinski definition) is 5. The van der Waals surface area contributed by atoms with Crippen molar-refractivity contribution in [1.82, 2.24) is 9.80 Å². The quantitative estimate of drug-likeness (QED) is 0.786. The van der Waals surface area contributed by atoms with Gasteiger partial charge in [0.25, 0.3) is 0 Å². The van der Waals surface area contributed by atoms with E-state index in [-0.39, 0.29) is 23.5 Å². The van der Waals surface area contributed by atoms with Crippen LogP contribution in [0.5, 0.6) is 0 Å². The smallest absolute Gasteiger partial charge is 0.225 e. The minimum absolute atomic E-state index is 0.0538. The lowest BCUT2D eigenvalue weighted by Crippen LogP contribution is -2.47. The highest BCUT2D eigenvalue weighted by Crippen LogP contribution is 2.25. The summed E-state index contributed by atoms with van der Waals surface area (Å²) in [6.07, 6.45) is 3.80. The van der Waals surface area contributed by atoms with Crippen LogP contribution in [0.15, 0.2) is 22.8 Å². The Morgan fingerprint density at radius 3 is 2.23 bits per heavy atom. The van der Waals surface area contributed by atoms with Crippen molar-refractivity contribution in [2.45, 2.75) is 43.6 Å². The monoisotopic (exact) mass is 382 g/mol. The standard InChI is InChI=1S/C18H26N2O5S/c1-14(21)19-8-4-15(5-9-19)18(22)20-10-6-17(7-11-20)26(23,24)13-16-3-2-12-25-16/h2-3,12,15,17H,4-11,13H2,1H3. The van der Waals surface area contributed by atoms with Crippen molar-refractivity contribution in [3.8, 4) is 0 Å². The van der Waals surface area contributed by atoms with Crippen molar-refractivity contribution in [3.63, 3.8) is 0 Å². The summed E-state index contributed by atoms with van der Waals surface area (Å²) in [6, 6.07) is 3.35. The first-order chi connectivity index (χ1) is 12.4. The SMILES string of the molecule is CC(=O)N1CCC(C(=O)N2CCC(S(=O)(=O)Cc3ccco3)CC2)CC1. The zero-order valence-electron chi connectivity index (χ0n) is 15.1. The van der Waals surface area contributed by atoms with Gasteiger partial charge in [0.1, 0.15) is 11.5 Å². The van der Waals surface area contributed by atoms with Crippen molar-refractivity contribution in [2.75, 3.05) is 26.2 Å². The topological polar surface area (TPSA) is 87.9 Å². The van der Waals surface area contributed by atoms with Gasteiger partial charge in [0.2, 0.25) is 11.8 Å². The molecule has 26 heavy (non-hydrogen) atoms. The van der Waals surface area contributed by atoms with E-state index in [1.54, 1.807) is 28.9 Å². The third-order valence-electron chi connectivity index (χ3n) is 5.47. The van der Waals surface area contributed by atoms with Crippen LogP contribution in [0.3, 0.4) is 0 Å². The van der Waals surface area contributed by atoms with Gasteiger partial charge in [-0.1, -0.05) is 0 Å². The minimum atomic E-state index is -3.27. The molecule has 0 radical (unpaired) electrons. The summed E-state index contributed by atoms with van der Waals surface area (Å²) in [7, 11) is -3.27. The largest absolute Gasteiger partial charge is 0.468 e. The van der Waals surface area contributed by atoms with E-state index in [1.807, 2.05) is 0 Å². The molecule has 2 saturated heterocycles. The summed E-state index contributed by atoms with van der Waals surface area (Å²) in [5, 5.41) is -0.420. The first kappa shape index (κ1) is 18.9. The van der Waals surface area contributed by atoms with Crippen LogP contribution >= 0.6 is 0 Å². The molecular weight excluding hydrogens is 356 g/mol. The zero-order chi connectivity index (χ0) is 18.7. The molecular formula is C18H26N2O5S. The maximum atomic E-state index is 12.7. The lowest BCUT2D eigenvalue weighted by atomic mass is 9.94. The lowest BCUT2D eigenvalue weighted by molar-refractivity contribution is -0.140. The van der Waals surface area contributed by atoms with Gasteiger partial charge in [-0.2, -0.15) is 0 Å². The Morgan fingerprint density at radius 2 is 1.69 bits per heavy atom. The van der Waals surface area contributed by atoms with Crippen LogP contribution in [-0.4, -0.2) is 61.5 Å². The number of carbonyl (C=O) groups excluding carboxylic acids is 2. The van der Waals surface area contributed by atoms with E-state index in [0.717, 1.165) is 0 Å². The van der Waals surface area contributed by atoms with Gasteiger partial charge in [-0.3, -0.25) is 9.59 Å². The van der Waals surface area contributed by atoms with Crippen LogP contribution in [0.25, 0.3) is 0 Å². The molecule has 7 nitrogen and oxygen atoms in total. The summed E-state index contributed by atoms with van der Waals surface area (Å²) >= 11 is 0. The van der Waals surface area contributed by atoms with Gasteiger partial charge in [-0.15, -0.1) is 0 Å². The fourth-order valence-electron chi connectivity index (χ4n) is 3.85. The minimum Gasteiger partial charge on any atom is -0.468 e. The van der Waals surface area contributed by atoms with Gasteiger partial charge in [0, 0.05) is 39.0 Å². The Morgan fingerprint density at radius 1 is 1.08 bits per heavy atom. The number of rotatable bonds is 4. The van der Waals surface area contributed by atoms with Gasteiger partial charge in [-0.05, 0) is 37.8 Å². The molecule has 2 amide bonds. The van der Waals surface area contributed by atoms with E-state index >= 15 is 0 Å². The number of likely N-dealkylation sites (tertiary alicyclic amines) is 2. The molecule has 0 spiro atoms. The third-order valence-corrected chi connectivity index (χ3v) is 7.65. The van der Waals surface area contributed by atoms with E-state index in [4.69, 9.17) is 4.42 Å². The second kappa shape index (κ2) is 7.82. The summed E-state index contributed by atoms with van der Waals surface area (Å²) < 4.78 is 30.2. The molecule has 2 aliphatic rings. The van der Waals surface area contributed by atoms with E-state index in [0.29, 0.717) is 57.6 Å². The molecule has 3 heterocycles. The molecule has 0 unspecified atom stereocenters. The average Bonchev–Trinajstić information content (AvgIpc) is 3.13. The molecule has 0 bridgehead atoms. The Hall–Kier alpha value is -1.83. The Labute approximate surface area is 154 Å². The lowest BCUT2D eigenvalue weighted by Gasteiger charge is -2.37. The van der Waals surface area contributed by atoms with Crippen LogP contribution in [0, 0.1) is 5.92 Å². The molecule has 2 fully saturated rings. The highest BCUT2D eigenvalue weighted by Gasteiger charge is 2.35. The van der Waals surface area contributed by atoms with E-state index < -0.39 is 15.1 Å². The highest BCUT2D eigenvalue weighted by atomic mass is 32.2. The molecule has 2 aliphatic heterocycles. The fraction of sp³-hybridized carbons (Fsp3) is 0.667. The first-order valence-corrected chi connectivity index (χ1v) is 10.9. The van der Waals surface area contributed by atoms with Gasteiger partial charge in [0.05, 0.1) is 11.5 Å². The Balaban J connectivity index is 1.50. The number of amides is 2. The molecule has 0 N–H and O–H groups in total. The van der Waals surface area contributed by atoms with E-state index in [1.165, 1.54) is 6.26 Å². The normalized spacial score (nSPS) is 20.3. The number of carbonyl (C=O) groups is 2. The number of nitrogens with zero attached hydrogens (tertiary/aromatic N) is 2. The van der Waals surface area contributed by atoms with Gasteiger partial charge in [-0.25, -0.2) is 8.42 Å². The summed E-state index contributed by atoms with van der Waals surface area (Å²) in [5.74, 6) is 0.485. The average molecular weight is 382 g/mol. The Kier molecular flexibility index (Phi) is 5.70. The first-order valence-electron chi connectivity index (χ1n) is 9.15. The maximum absolute atomic E-state index is 12.7. The van der Waals surface area contributed by atoms with Crippen LogP contribution in [0.1, 0.15) is 38.4 Å². The number of piperidine rings is 2. The fourth-order valence-corrected chi connectivity index (χ4v) is 5.57. The maximum Gasteiger partial charge on any atom is 0.225 e. The molecule has 8 heteroatoms.